The fourth-order valence-corrected chi connectivity index (χ4v) is 5.16. The molecule has 1 amide bonds. The molecule has 1 saturated carbocycles. The van der Waals surface area contributed by atoms with Crippen molar-refractivity contribution >= 4 is 39.0 Å². The molecule has 30 heavy (non-hydrogen) atoms. The molecule has 9 heteroatoms. The monoisotopic (exact) mass is 423 g/mol. The van der Waals surface area contributed by atoms with Crippen LogP contribution >= 0.6 is 11.3 Å². The first-order chi connectivity index (χ1) is 14.6. The number of hydrogen-bond acceptors (Lipinski definition) is 8. The summed E-state index contributed by atoms with van der Waals surface area (Å²) in [7, 11) is 0. The van der Waals surface area contributed by atoms with Gasteiger partial charge in [-0.05, 0) is 43.4 Å². The number of anilines is 2. The Balaban J connectivity index is 1.38. The molecule has 0 unspecified atom stereocenters. The van der Waals surface area contributed by atoms with Crippen LogP contribution in [0.2, 0.25) is 0 Å². The van der Waals surface area contributed by atoms with Gasteiger partial charge in [-0.15, -0.1) is 11.3 Å². The highest BCUT2D eigenvalue weighted by Gasteiger charge is 2.28. The van der Waals surface area contributed by atoms with Crippen LogP contribution in [0.15, 0.2) is 30.6 Å². The number of thiazole rings is 1. The molecule has 0 spiro atoms. The first kappa shape index (κ1) is 19.3. The van der Waals surface area contributed by atoms with Crippen LogP contribution in [-0.4, -0.2) is 40.0 Å². The van der Waals surface area contributed by atoms with Crippen LogP contribution in [0.3, 0.4) is 0 Å². The molecular formula is C21H25N7OS. The predicted molar refractivity (Wildman–Crippen MR) is 119 cm³/mol. The summed E-state index contributed by atoms with van der Waals surface area (Å²) in [6.45, 7) is 3.89. The Hall–Kier alpha value is -2.62. The summed E-state index contributed by atoms with van der Waals surface area (Å²) < 4.78 is 1.03. The number of aromatic nitrogens is 3. The smallest absolute Gasteiger partial charge is 0.274 e. The zero-order valence-electron chi connectivity index (χ0n) is 16.8. The molecule has 3 aromatic rings. The molecule has 2 aliphatic rings. The van der Waals surface area contributed by atoms with E-state index in [9.17, 15) is 4.79 Å². The molecule has 156 valence electrons. The molecule has 0 bridgehead atoms. The fraction of sp³-hybridized carbons (Fsp3) is 0.429. The van der Waals surface area contributed by atoms with Crippen LogP contribution in [0.4, 0.5) is 11.4 Å². The van der Waals surface area contributed by atoms with E-state index in [1.54, 1.807) is 29.8 Å². The number of nitrogens with one attached hydrogen (secondary N) is 2. The SMILES string of the molecule is C[C@@H]1C[C@H](NN)CN(c2ccncc2NC(=O)c2ccc3sc(C4CC4)nc3n2)C1. The van der Waals surface area contributed by atoms with Crippen LogP contribution < -0.4 is 21.5 Å². The zero-order valence-corrected chi connectivity index (χ0v) is 17.7. The number of rotatable bonds is 5. The third kappa shape index (κ3) is 3.88. The fourth-order valence-electron chi connectivity index (χ4n) is 4.08. The van der Waals surface area contributed by atoms with Crippen molar-refractivity contribution in [2.45, 2.75) is 38.1 Å². The van der Waals surface area contributed by atoms with Gasteiger partial charge in [-0.25, -0.2) is 9.97 Å². The number of hydrazine groups is 1. The summed E-state index contributed by atoms with van der Waals surface area (Å²) >= 11 is 1.68. The summed E-state index contributed by atoms with van der Waals surface area (Å²) in [5.41, 5.74) is 5.52. The van der Waals surface area contributed by atoms with Gasteiger partial charge >= 0.3 is 0 Å². The van der Waals surface area contributed by atoms with Gasteiger partial charge in [-0.1, -0.05) is 6.92 Å². The van der Waals surface area contributed by atoms with Gasteiger partial charge in [0.2, 0.25) is 0 Å². The van der Waals surface area contributed by atoms with Crippen molar-refractivity contribution in [2.75, 3.05) is 23.3 Å². The lowest BCUT2D eigenvalue weighted by molar-refractivity contribution is 0.102. The first-order valence-electron chi connectivity index (χ1n) is 10.3. The third-order valence-electron chi connectivity index (χ3n) is 5.71. The van der Waals surface area contributed by atoms with Crippen molar-refractivity contribution in [2.24, 2.45) is 11.8 Å². The molecule has 1 aliphatic carbocycles. The highest BCUT2D eigenvalue weighted by Crippen LogP contribution is 2.43. The van der Waals surface area contributed by atoms with Gasteiger partial charge in [0.05, 0.1) is 27.3 Å². The molecule has 4 heterocycles. The van der Waals surface area contributed by atoms with E-state index in [2.05, 4.69) is 37.5 Å². The molecule has 2 fully saturated rings. The largest absolute Gasteiger partial charge is 0.368 e. The van der Waals surface area contributed by atoms with E-state index < -0.39 is 0 Å². The van der Waals surface area contributed by atoms with Crippen LogP contribution in [0.5, 0.6) is 0 Å². The summed E-state index contributed by atoms with van der Waals surface area (Å²) in [6.07, 6.45) is 6.86. The van der Waals surface area contributed by atoms with E-state index in [-0.39, 0.29) is 11.9 Å². The molecule has 3 aromatic heterocycles. The average molecular weight is 424 g/mol. The molecule has 0 radical (unpaired) electrons. The van der Waals surface area contributed by atoms with Crippen molar-refractivity contribution < 1.29 is 4.79 Å². The maximum atomic E-state index is 13.0. The summed E-state index contributed by atoms with van der Waals surface area (Å²) in [5.74, 6) is 6.51. The molecule has 2 atom stereocenters. The maximum absolute atomic E-state index is 13.0. The van der Waals surface area contributed by atoms with Crippen molar-refractivity contribution in [1.82, 2.24) is 20.4 Å². The molecule has 8 nitrogen and oxygen atoms in total. The van der Waals surface area contributed by atoms with Crippen molar-refractivity contribution in [3.63, 3.8) is 0 Å². The predicted octanol–water partition coefficient (Wildman–Crippen LogP) is 2.89. The number of carbonyl (C=O) groups is 1. The molecule has 0 aromatic carbocycles. The Morgan fingerprint density at radius 1 is 1.23 bits per heavy atom. The average Bonchev–Trinajstić information content (AvgIpc) is 3.52. The van der Waals surface area contributed by atoms with Crippen LogP contribution in [-0.2, 0) is 0 Å². The normalized spacial score (nSPS) is 21.7. The highest BCUT2D eigenvalue weighted by molar-refractivity contribution is 7.18. The van der Waals surface area contributed by atoms with Gasteiger partial charge in [0.25, 0.3) is 5.91 Å². The quantitative estimate of drug-likeness (QED) is 0.428. The van der Waals surface area contributed by atoms with Gasteiger partial charge < -0.3 is 10.2 Å². The molecule has 1 aliphatic heterocycles. The number of carbonyl (C=O) groups excluding carboxylic acids is 1. The Morgan fingerprint density at radius 2 is 2.10 bits per heavy atom. The first-order valence-corrected chi connectivity index (χ1v) is 11.2. The van der Waals surface area contributed by atoms with Crippen LogP contribution in [0.1, 0.15) is 47.6 Å². The maximum Gasteiger partial charge on any atom is 0.274 e. The molecular weight excluding hydrogens is 398 g/mol. The van der Waals surface area contributed by atoms with Gasteiger partial charge in [0, 0.05) is 31.2 Å². The van der Waals surface area contributed by atoms with Crippen LogP contribution in [0, 0.1) is 5.92 Å². The number of fused-ring (bicyclic) bond motifs is 1. The van der Waals surface area contributed by atoms with Crippen molar-refractivity contribution in [1.29, 1.82) is 0 Å². The number of nitrogens with two attached hydrogens (primary N) is 1. The highest BCUT2D eigenvalue weighted by atomic mass is 32.1. The topological polar surface area (TPSA) is 109 Å². The van der Waals surface area contributed by atoms with Gasteiger partial charge in [0.15, 0.2) is 5.65 Å². The minimum absolute atomic E-state index is 0.208. The van der Waals surface area contributed by atoms with Crippen molar-refractivity contribution in [3.05, 3.63) is 41.3 Å². The lowest BCUT2D eigenvalue weighted by Crippen LogP contribution is -2.51. The number of nitrogens with zero attached hydrogens (tertiary/aromatic N) is 4. The van der Waals surface area contributed by atoms with Gasteiger partial charge in [-0.2, -0.15) is 0 Å². The molecule has 5 rings (SSSR count). The van der Waals surface area contributed by atoms with E-state index in [4.69, 9.17) is 5.84 Å². The Labute approximate surface area is 178 Å². The van der Waals surface area contributed by atoms with Crippen molar-refractivity contribution in [3.8, 4) is 0 Å². The number of piperidine rings is 1. The van der Waals surface area contributed by atoms with E-state index in [1.165, 1.54) is 12.8 Å². The lowest BCUT2D eigenvalue weighted by atomic mass is 9.96. The lowest BCUT2D eigenvalue weighted by Gasteiger charge is -2.38. The number of pyridine rings is 2. The standard InChI is InChI=1S/C21H25N7OS/c1-12-8-14(27-22)11-28(10-12)17-6-7-23-9-16(17)25-20(29)15-4-5-18-19(24-15)26-21(30-18)13-2-3-13/h4-7,9,12-14,27H,2-3,8,10-11,22H2,1H3,(H,25,29)/t12-,14+/m1/s1. The second-order valence-electron chi connectivity index (χ2n) is 8.30. The molecule has 1 saturated heterocycles. The summed E-state index contributed by atoms with van der Waals surface area (Å²) in [6, 6.07) is 5.84. The third-order valence-corrected chi connectivity index (χ3v) is 6.88. The molecule has 4 N–H and O–H groups in total. The Kier molecular flexibility index (Phi) is 5.10. The van der Waals surface area contributed by atoms with E-state index >= 15 is 0 Å². The minimum atomic E-state index is -0.259. The zero-order chi connectivity index (χ0) is 20.7. The second-order valence-corrected chi connectivity index (χ2v) is 9.36. The minimum Gasteiger partial charge on any atom is -0.368 e. The van der Waals surface area contributed by atoms with Gasteiger partial charge in [0.1, 0.15) is 5.69 Å². The van der Waals surface area contributed by atoms with E-state index in [0.717, 1.165) is 34.9 Å². The van der Waals surface area contributed by atoms with Crippen LogP contribution in [0.25, 0.3) is 10.3 Å². The number of hydrogen-bond donors (Lipinski definition) is 3. The second kappa shape index (κ2) is 7.90. The van der Waals surface area contributed by atoms with E-state index in [0.29, 0.717) is 28.9 Å². The summed E-state index contributed by atoms with van der Waals surface area (Å²) in [5, 5.41) is 4.13. The van der Waals surface area contributed by atoms with Gasteiger partial charge in [-0.3, -0.25) is 21.0 Å². The Morgan fingerprint density at radius 3 is 2.90 bits per heavy atom. The summed E-state index contributed by atoms with van der Waals surface area (Å²) in [4.78, 5) is 28.5. The van der Waals surface area contributed by atoms with E-state index in [1.807, 2.05) is 12.1 Å². The Bertz CT molecular complexity index is 1080. The number of amides is 1.